The summed E-state index contributed by atoms with van der Waals surface area (Å²) in [6.07, 6.45) is 3.23. The molecular weight excluding hydrogens is 333 g/mol. The maximum atomic E-state index is 14.1. The average molecular weight is 347 g/mol. The minimum absolute atomic E-state index is 0.134. The number of urea groups is 1. The molecule has 2 aromatic carbocycles. The largest absolute Gasteiger partial charge is 0.333 e. The summed E-state index contributed by atoms with van der Waals surface area (Å²) in [5, 5.41) is 2.58. The third-order valence-electron chi connectivity index (χ3n) is 4.08. The van der Waals surface area contributed by atoms with E-state index in [9.17, 15) is 14.0 Å². The van der Waals surface area contributed by atoms with Crippen LogP contribution in [0.4, 0.5) is 14.9 Å². The SMILES string of the molecule is O=C1N/C(=C\c2cccn2-c2ccccc2F)C(=O)N1c1ccccc1. The van der Waals surface area contributed by atoms with Crippen molar-refractivity contribution in [1.29, 1.82) is 0 Å². The van der Waals surface area contributed by atoms with Gasteiger partial charge in [0.05, 0.1) is 11.4 Å². The number of carbonyl (C=O) groups excluding carboxylic acids is 2. The van der Waals surface area contributed by atoms with Gasteiger partial charge in [0.25, 0.3) is 5.91 Å². The lowest BCUT2D eigenvalue weighted by Crippen LogP contribution is -2.30. The van der Waals surface area contributed by atoms with E-state index >= 15 is 0 Å². The van der Waals surface area contributed by atoms with Crippen LogP contribution in [0.1, 0.15) is 5.69 Å². The van der Waals surface area contributed by atoms with Gasteiger partial charge in [-0.25, -0.2) is 14.1 Å². The summed E-state index contributed by atoms with van der Waals surface area (Å²) in [5.74, 6) is -0.835. The molecule has 1 aromatic heterocycles. The van der Waals surface area contributed by atoms with Gasteiger partial charge in [-0.3, -0.25) is 4.79 Å². The minimum Gasteiger partial charge on any atom is -0.314 e. The molecule has 1 aliphatic heterocycles. The number of amides is 3. The normalized spacial score (nSPS) is 15.6. The Morgan fingerprint density at radius 2 is 1.62 bits per heavy atom. The monoisotopic (exact) mass is 347 g/mol. The fourth-order valence-electron chi connectivity index (χ4n) is 2.87. The number of carbonyl (C=O) groups is 2. The van der Waals surface area contributed by atoms with Crippen LogP contribution >= 0.6 is 0 Å². The van der Waals surface area contributed by atoms with Crippen LogP contribution in [-0.4, -0.2) is 16.5 Å². The second kappa shape index (κ2) is 6.33. The molecule has 0 unspecified atom stereocenters. The molecule has 128 valence electrons. The first-order valence-corrected chi connectivity index (χ1v) is 7.99. The summed E-state index contributed by atoms with van der Waals surface area (Å²) in [4.78, 5) is 25.9. The molecule has 1 N–H and O–H groups in total. The van der Waals surface area contributed by atoms with E-state index in [2.05, 4.69) is 5.32 Å². The molecule has 1 aliphatic rings. The number of benzene rings is 2. The number of hydrogen-bond donors (Lipinski definition) is 1. The number of para-hydroxylation sites is 2. The topological polar surface area (TPSA) is 54.3 Å². The minimum atomic E-state index is -0.517. The van der Waals surface area contributed by atoms with Crippen molar-refractivity contribution in [1.82, 2.24) is 9.88 Å². The van der Waals surface area contributed by atoms with Gasteiger partial charge in [0.2, 0.25) is 0 Å². The van der Waals surface area contributed by atoms with Crippen LogP contribution in [0.5, 0.6) is 0 Å². The number of rotatable bonds is 3. The van der Waals surface area contributed by atoms with Gasteiger partial charge in [-0.15, -0.1) is 0 Å². The van der Waals surface area contributed by atoms with E-state index in [1.807, 2.05) is 0 Å². The second-order valence-electron chi connectivity index (χ2n) is 5.72. The van der Waals surface area contributed by atoms with E-state index in [1.54, 1.807) is 71.4 Å². The Hall–Kier alpha value is -3.67. The lowest BCUT2D eigenvalue weighted by atomic mass is 10.2. The van der Waals surface area contributed by atoms with Crippen molar-refractivity contribution < 1.29 is 14.0 Å². The molecule has 0 saturated carbocycles. The van der Waals surface area contributed by atoms with Crippen molar-refractivity contribution in [2.24, 2.45) is 0 Å². The molecule has 0 bridgehead atoms. The molecule has 6 heteroatoms. The highest BCUT2D eigenvalue weighted by Crippen LogP contribution is 2.23. The summed E-state index contributed by atoms with van der Waals surface area (Å²) in [5.41, 5.74) is 1.56. The Labute approximate surface area is 149 Å². The number of anilines is 1. The van der Waals surface area contributed by atoms with Crippen molar-refractivity contribution >= 4 is 23.7 Å². The predicted molar refractivity (Wildman–Crippen MR) is 96.2 cm³/mol. The van der Waals surface area contributed by atoms with Crippen LogP contribution in [0.3, 0.4) is 0 Å². The zero-order valence-corrected chi connectivity index (χ0v) is 13.6. The van der Waals surface area contributed by atoms with Crippen molar-refractivity contribution in [2.75, 3.05) is 4.90 Å². The third kappa shape index (κ3) is 2.67. The molecule has 3 aromatic rings. The summed E-state index contributed by atoms with van der Waals surface area (Å²) in [6.45, 7) is 0. The molecular formula is C20H14FN3O2. The van der Waals surface area contributed by atoms with Crippen molar-refractivity contribution in [2.45, 2.75) is 0 Å². The van der Waals surface area contributed by atoms with Crippen LogP contribution in [0, 0.1) is 5.82 Å². The number of halogens is 1. The molecule has 0 spiro atoms. The van der Waals surface area contributed by atoms with Crippen LogP contribution in [0.2, 0.25) is 0 Å². The van der Waals surface area contributed by atoms with Crippen molar-refractivity contribution in [3.05, 3.63) is 90.1 Å². The van der Waals surface area contributed by atoms with Gasteiger partial charge in [-0.1, -0.05) is 30.3 Å². The first-order chi connectivity index (χ1) is 12.6. The fourth-order valence-corrected chi connectivity index (χ4v) is 2.87. The molecule has 0 atom stereocenters. The third-order valence-corrected chi connectivity index (χ3v) is 4.08. The second-order valence-corrected chi connectivity index (χ2v) is 5.72. The van der Waals surface area contributed by atoms with E-state index in [1.165, 1.54) is 12.1 Å². The molecule has 0 aliphatic carbocycles. The Bertz CT molecular complexity index is 1020. The Morgan fingerprint density at radius 1 is 0.885 bits per heavy atom. The molecule has 26 heavy (non-hydrogen) atoms. The lowest BCUT2D eigenvalue weighted by Gasteiger charge is -2.11. The van der Waals surface area contributed by atoms with E-state index in [4.69, 9.17) is 0 Å². The Morgan fingerprint density at radius 3 is 2.38 bits per heavy atom. The van der Waals surface area contributed by atoms with Gasteiger partial charge >= 0.3 is 6.03 Å². The van der Waals surface area contributed by atoms with Crippen LogP contribution < -0.4 is 10.2 Å². The molecule has 3 amide bonds. The summed E-state index contributed by atoms with van der Waals surface area (Å²) in [7, 11) is 0. The van der Waals surface area contributed by atoms with Crippen LogP contribution in [0.15, 0.2) is 78.6 Å². The predicted octanol–water partition coefficient (Wildman–Crippen LogP) is 3.71. The maximum Gasteiger partial charge on any atom is 0.333 e. The van der Waals surface area contributed by atoms with Gasteiger partial charge in [0.1, 0.15) is 11.5 Å². The zero-order chi connectivity index (χ0) is 18.1. The van der Waals surface area contributed by atoms with E-state index in [0.717, 1.165) is 4.90 Å². The van der Waals surface area contributed by atoms with Crippen molar-refractivity contribution in [3.8, 4) is 5.69 Å². The standard InChI is InChI=1S/C20H14FN3O2/c21-16-10-4-5-11-18(16)23-12-6-9-15(23)13-17-19(25)24(20(26)22-17)14-7-2-1-3-8-14/h1-13H,(H,22,26)/b17-13-. The Kier molecular flexibility index (Phi) is 3.85. The number of aromatic nitrogens is 1. The lowest BCUT2D eigenvalue weighted by molar-refractivity contribution is -0.113. The summed E-state index contributed by atoms with van der Waals surface area (Å²) in [6, 6.07) is 18.0. The quantitative estimate of drug-likeness (QED) is 0.580. The van der Waals surface area contributed by atoms with Gasteiger partial charge in [-0.2, -0.15) is 0 Å². The highest BCUT2D eigenvalue weighted by atomic mass is 19.1. The fraction of sp³-hybridized carbons (Fsp3) is 0. The highest BCUT2D eigenvalue weighted by Gasteiger charge is 2.34. The smallest absolute Gasteiger partial charge is 0.314 e. The Balaban J connectivity index is 1.71. The number of hydrogen-bond acceptors (Lipinski definition) is 2. The molecule has 1 fully saturated rings. The molecule has 1 saturated heterocycles. The molecule has 4 rings (SSSR count). The summed E-state index contributed by atoms with van der Waals surface area (Å²) < 4.78 is 15.7. The van der Waals surface area contributed by atoms with Gasteiger partial charge in [0, 0.05) is 11.9 Å². The average Bonchev–Trinajstić information content (AvgIpc) is 3.21. The summed E-state index contributed by atoms with van der Waals surface area (Å²) >= 11 is 0. The zero-order valence-electron chi connectivity index (χ0n) is 13.6. The van der Waals surface area contributed by atoms with E-state index in [-0.39, 0.29) is 11.5 Å². The van der Waals surface area contributed by atoms with E-state index < -0.39 is 11.9 Å². The van der Waals surface area contributed by atoms with Gasteiger partial charge < -0.3 is 9.88 Å². The first-order valence-electron chi connectivity index (χ1n) is 7.99. The number of imide groups is 1. The van der Waals surface area contributed by atoms with Crippen LogP contribution in [-0.2, 0) is 4.79 Å². The van der Waals surface area contributed by atoms with Gasteiger partial charge in [-0.05, 0) is 42.5 Å². The number of nitrogens with zero attached hydrogens (tertiary/aromatic N) is 2. The maximum absolute atomic E-state index is 14.1. The molecule has 5 nitrogen and oxygen atoms in total. The molecule has 2 heterocycles. The van der Waals surface area contributed by atoms with Gasteiger partial charge in [0.15, 0.2) is 0 Å². The highest BCUT2D eigenvalue weighted by molar-refractivity contribution is 6.28. The number of nitrogens with one attached hydrogen (secondary N) is 1. The molecule has 0 radical (unpaired) electrons. The van der Waals surface area contributed by atoms with Crippen molar-refractivity contribution in [3.63, 3.8) is 0 Å². The van der Waals surface area contributed by atoms with Crippen LogP contribution in [0.25, 0.3) is 11.8 Å². The first kappa shape index (κ1) is 15.8. The van der Waals surface area contributed by atoms with E-state index in [0.29, 0.717) is 17.1 Å².